The molecule has 1 saturated heterocycles. The summed E-state index contributed by atoms with van der Waals surface area (Å²) in [6.07, 6.45) is 2.11. The minimum absolute atomic E-state index is 0.00200. The Morgan fingerprint density at radius 1 is 1.05 bits per heavy atom. The first-order valence-corrected chi connectivity index (χ1v) is 14.2. The van der Waals surface area contributed by atoms with Gasteiger partial charge in [0.1, 0.15) is 17.7 Å². The summed E-state index contributed by atoms with van der Waals surface area (Å²) in [5.41, 5.74) is 8.82. The Labute approximate surface area is 217 Å². The number of nitrogen functional groups attached to an aromatic ring is 1. The molecule has 2 aliphatic rings. The third kappa shape index (κ3) is 4.87. The van der Waals surface area contributed by atoms with Crippen LogP contribution in [0.25, 0.3) is 10.8 Å². The van der Waals surface area contributed by atoms with Crippen molar-refractivity contribution in [2.75, 3.05) is 23.1 Å². The normalized spacial score (nSPS) is 18.2. The molecule has 0 bridgehead atoms. The second-order valence-corrected chi connectivity index (χ2v) is 11.9. The van der Waals surface area contributed by atoms with Crippen molar-refractivity contribution in [3.05, 3.63) is 71.3 Å². The smallest absolute Gasteiger partial charge is 0.235 e. The lowest BCUT2D eigenvalue weighted by atomic mass is 9.98. The molecule has 0 aromatic heterocycles. The Kier molecular flexibility index (Phi) is 6.58. The van der Waals surface area contributed by atoms with Gasteiger partial charge < -0.3 is 15.4 Å². The number of carbonyl (C=O) groups excluding carboxylic acids is 1. The summed E-state index contributed by atoms with van der Waals surface area (Å²) in [5, 5.41) is 9.67. The van der Waals surface area contributed by atoms with Gasteiger partial charge in [0.05, 0.1) is 17.5 Å². The molecule has 37 heavy (non-hydrogen) atoms. The fraction of sp³-hybridized carbons (Fsp3) is 0.357. The Morgan fingerprint density at radius 3 is 2.46 bits per heavy atom. The maximum Gasteiger partial charge on any atom is 0.235 e. The summed E-state index contributed by atoms with van der Waals surface area (Å²) < 4.78 is 34.3. The van der Waals surface area contributed by atoms with Crippen LogP contribution >= 0.6 is 0 Å². The van der Waals surface area contributed by atoms with E-state index in [2.05, 4.69) is 0 Å². The standard InChI is InChI=1S/C28H32N4O4S/c1-3-37(34,35)32-26-9-8-25(36-24-10-12-31(13-11-24)18(2)33)16-23(26)17-27(32)20-6-4-19-5-7-21(28(29)30)15-22(19)14-20/h4-9,14-16,24,27H,3,10-13,17H2,1-2H3,(H3,29,30). The van der Waals surface area contributed by atoms with Crippen LogP contribution in [0.4, 0.5) is 5.69 Å². The average molecular weight is 521 g/mol. The van der Waals surface area contributed by atoms with Crippen molar-refractivity contribution in [1.82, 2.24) is 4.90 Å². The fourth-order valence-electron chi connectivity index (χ4n) is 5.33. The summed E-state index contributed by atoms with van der Waals surface area (Å²) in [6, 6.07) is 16.8. The number of ether oxygens (including phenoxy) is 1. The first-order valence-electron chi connectivity index (χ1n) is 12.6. The van der Waals surface area contributed by atoms with Crippen molar-refractivity contribution >= 4 is 38.2 Å². The second-order valence-electron chi connectivity index (χ2n) is 9.77. The zero-order chi connectivity index (χ0) is 26.3. The molecule has 1 amide bonds. The number of hydrogen-bond donors (Lipinski definition) is 2. The van der Waals surface area contributed by atoms with E-state index in [1.54, 1.807) is 18.2 Å². The van der Waals surface area contributed by atoms with Gasteiger partial charge in [-0.25, -0.2) is 8.42 Å². The third-order valence-electron chi connectivity index (χ3n) is 7.40. The van der Waals surface area contributed by atoms with Gasteiger partial charge in [0.15, 0.2) is 0 Å². The molecular weight excluding hydrogens is 488 g/mol. The highest BCUT2D eigenvalue weighted by atomic mass is 32.2. The van der Waals surface area contributed by atoms with Crippen LogP contribution < -0.4 is 14.8 Å². The van der Waals surface area contributed by atoms with Crippen LogP contribution in [0.15, 0.2) is 54.6 Å². The van der Waals surface area contributed by atoms with Crippen molar-refractivity contribution in [1.29, 1.82) is 5.41 Å². The minimum Gasteiger partial charge on any atom is -0.490 e. The van der Waals surface area contributed by atoms with Gasteiger partial charge in [-0.15, -0.1) is 0 Å². The van der Waals surface area contributed by atoms with Gasteiger partial charge in [-0.2, -0.15) is 0 Å². The van der Waals surface area contributed by atoms with Crippen LogP contribution in [0.3, 0.4) is 0 Å². The zero-order valence-corrected chi connectivity index (χ0v) is 21.9. The van der Waals surface area contributed by atoms with E-state index in [-0.39, 0.29) is 29.6 Å². The maximum atomic E-state index is 13.3. The highest BCUT2D eigenvalue weighted by molar-refractivity contribution is 7.92. The number of benzene rings is 3. The van der Waals surface area contributed by atoms with Crippen LogP contribution in [0, 0.1) is 5.41 Å². The molecule has 0 radical (unpaired) electrons. The molecule has 1 atom stereocenters. The van der Waals surface area contributed by atoms with Crippen LogP contribution in [0.2, 0.25) is 0 Å². The number of nitrogens with one attached hydrogen (secondary N) is 1. The molecule has 3 aromatic rings. The topological polar surface area (TPSA) is 117 Å². The summed E-state index contributed by atoms with van der Waals surface area (Å²) in [4.78, 5) is 13.4. The number of hydrogen-bond acceptors (Lipinski definition) is 5. The number of fused-ring (bicyclic) bond motifs is 2. The Balaban J connectivity index is 1.45. The van der Waals surface area contributed by atoms with Gasteiger partial charge in [-0.1, -0.05) is 24.3 Å². The van der Waals surface area contributed by atoms with E-state index in [1.807, 2.05) is 59.5 Å². The van der Waals surface area contributed by atoms with E-state index in [9.17, 15) is 13.2 Å². The third-order valence-corrected chi connectivity index (χ3v) is 9.18. The molecule has 2 aliphatic heterocycles. The number of likely N-dealkylation sites (tertiary alicyclic amines) is 1. The Morgan fingerprint density at radius 2 is 1.78 bits per heavy atom. The van der Waals surface area contributed by atoms with E-state index in [0.717, 1.165) is 40.5 Å². The average Bonchev–Trinajstić information content (AvgIpc) is 3.28. The monoisotopic (exact) mass is 520 g/mol. The number of sulfonamides is 1. The lowest BCUT2D eigenvalue weighted by molar-refractivity contribution is -0.130. The predicted octanol–water partition coefficient (Wildman–Crippen LogP) is 3.97. The minimum atomic E-state index is -3.54. The van der Waals surface area contributed by atoms with Crippen LogP contribution in [-0.4, -0.2) is 50.0 Å². The van der Waals surface area contributed by atoms with E-state index in [0.29, 0.717) is 30.8 Å². The number of carbonyl (C=O) groups is 1. The largest absolute Gasteiger partial charge is 0.490 e. The van der Waals surface area contributed by atoms with E-state index in [1.165, 1.54) is 0 Å². The number of rotatable bonds is 6. The highest BCUT2D eigenvalue weighted by Crippen LogP contribution is 2.44. The van der Waals surface area contributed by atoms with Crippen molar-refractivity contribution in [3.63, 3.8) is 0 Å². The van der Waals surface area contributed by atoms with Crippen LogP contribution in [0.1, 0.15) is 49.4 Å². The van der Waals surface area contributed by atoms with Gasteiger partial charge in [0, 0.05) is 44.8 Å². The highest BCUT2D eigenvalue weighted by Gasteiger charge is 2.38. The number of nitrogens with zero attached hydrogens (tertiary/aromatic N) is 2. The summed E-state index contributed by atoms with van der Waals surface area (Å²) in [6.45, 7) is 4.62. The molecule has 8 nitrogen and oxygen atoms in total. The molecule has 9 heteroatoms. The SMILES string of the molecule is CCS(=O)(=O)N1c2ccc(OC3CCN(C(C)=O)CC3)cc2CC1c1ccc2ccc(C(=N)N)cc2c1. The molecule has 3 aromatic carbocycles. The van der Waals surface area contributed by atoms with Crippen LogP contribution in [0.5, 0.6) is 5.75 Å². The van der Waals surface area contributed by atoms with Gasteiger partial charge >= 0.3 is 0 Å². The molecule has 194 valence electrons. The first-order chi connectivity index (χ1) is 17.7. The van der Waals surface area contributed by atoms with Gasteiger partial charge in [0.25, 0.3) is 0 Å². The predicted molar refractivity (Wildman–Crippen MR) is 146 cm³/mol. The number of amides is 1. The number of anilines is 1. The van der Waals surface area contributed by atoms with Crippen molar-refractivity contribution in [2.45, 2.75) is 45.3 Å². The molecule has 0 aliphatic carbocycles. The lowest BCUT2D eigenvalue weighted by Crippen LogP contribution is -2.40. The van der Waals surface area contributed by atoms with E-state index >= 15 is 0 Å². The maximum absolute atomic E-state index is 13.3. The molecule has 0 spiro atoms. The van der Waals surface area contributed by atoms with Crippen LogP contribution in [-0.2, 0) is 21.2 Å². The number of piperidine rings is 1. The molecule has 2 heterocycles. The van der Waals surface area contributed by atoms with Gasteiger partial charge in [-0.05, 0) is 59.2 Å². The van der Waals surface area contributed by atoms with E-state index < -0.39 is 10.0 Å². The van der Waals surface area contributed by atoms with Crippen molar-refractivity contribution < 1.29 is 17.9 Å². The van der Waals surface area contributed by atoms with Crippen molar-refractivity contribution in [2.24, 2.45) is 5.73 Å². The fourth-order valence-corrected chi connectivity index (χ4v) is 6.67. The summed E-state index contributed by atoms with van der Waals surface area (Å²) in [7, 11) is -3.54. The summed E-state index contributed by atoms with van der Waals surface area (Å²) >= 11 is 0. The summed E-state index contributed by atoms with van der Waals surface area (Å²) in [5.74, 6) is 0.803. The molecular formula is C28H32N4O4S. The first kappa shape index (κ1) is 25.1. The van der Waals surface area contributed by atoms with Gasteiger partial charge in [0.2, 0.25) is 15.9 Å². The second kappa shape index (κ2) is 9.70. The van der Waals surface area contributed by atoms with Gasteiger partial charge in [-0.3, -0.25) is 14.5 Å². The Hall–Kier alpha value is -3.59. The quantitative estimate of drug-likeness (QED) is 0.377. The molecule has 5 rings (SSSR count). The van der Waals surface area contributed by atoms with E-state index in [4.69, 9.17) is 15.9 Å². The van der Waals surface area contributed by atoms with Crippen molar-refractivity contribution in [3.8, 4) is 5.75 Å². The molecule has 1 fully saturated rings. The number of nitrogens with two attached hydrogens (primary N) is 1. The Bertz CT molecular complexity index is 1480. The molecule has 1 unspecified atom stereocenters. The lowest BCUT2D eigenvalue weighted by Gasteiger charge is -2.31. The molecule has 0 saturated carbocycles. The zero-order valence-electron chi connectivity index (χ0n) is 21.1. The number of amidine groups is 1. The molecule has 3 N–H and O–H groups in total.